The van der Waals surface area contributed by atoms with Crippen molar-refractivity contribution in [2.45, 2.75) is 31.1 Å². The van der Waals surface area contributed by atoms with Crippen LogP contribution in [0.2, 0.25) is 0 Å². The molecule has 2 rings (SSSR count). The minimum absolute atomic E-state index is 0.0128. The summed E-state index contributed by atoms with van der Waals surface area (Å²) in [7, 11) is -3.78. The highest BCUT2D eigenvalue weighted by Gasteiger charge is 2.28. The van der Waals surface area contributed by atoms with Gasteiger partial charge in [-0.1, -0.05) is 12.1 Å². The molecule has 0 aliphatic carbocycles. The van der Waals surface area contributed by atoms with Crippen LogP contribution < -0.4 is 4.72 Å². The minimum Gasteiger partial charge on any atom is -0.481 e. The number of nitrogens with one attached hydrogen (secondary N) is 1. The molecule has 142 valence electrons. The largest absolute Gasteiger partial charge is 0.481 e. The number of hydrogen-bond donors (Lipinski definition) is 2. The van der Waals surface area contributed by atoms with Crippen LogP contribution in [0, 0.1) is 5.92 Å². The second kappa shape index (κ2) is 8.41. The lowest BCUT2D eigenvalue weighted by atomic mass is 9.98. The number of carboxylic acids is 1. The molecule has 1 heterocycles. The van der Waals surface area contributed by atoms with Crippen LogP contribution in [0.15, 0.2) is 29.2 Å². The molecule has 0 bridgehead atoms. The monoisotopic (exact) mass is 382 g/mol. The molecular formula is C17H22N2O6S. The van der Waals surface area contributed by atoms with Crippen molar-refractivity contribution in [2.75, 3.05) is 19.6 Å². The average Bonchev–Trinajstić information content (AvgIpc) is 2.61. The zero-order valence-electron chi connectivity index (χ0n) is 14.5. The first-order chi connectivity index (χ1) is 12.2. The van der Waals surface area contributed by atoms with Gasteiger partial charge in [0.2, 0.25) is 15.9 Å². The molecule has 1 aromatic carbocycles. The number of likely N-dealkylation sites (tertiary alicyclic amines) is 1. The second-order valence-electron chi connectivity index (χ2n) is 6.25. The predicted molar refractivity (Wildman–Crippen MR) is 93.2 cm³/mol. The molecule has 1 aliphatic heterocycles. The summed E-state index contributed by atoms with van der Waals surface area (Å²) in [5.74, 6) is -1.92. The van der Waals surface area contributed by atoms with Crippen LogP contribution in [-0.2, 0) is 19.6 Å². The van der Waals surface area contributed by atoms with Crippen LogP contribution >= 0.6 is 0 Å². The number of Topliss-reactive ketones (excluding diaryl/α,β-unsaturated/α-hetero) is 1. The number of amides is 1. The van der Waals surface area contributed by atoms with E-state index in [0.29, 0.717) is 24.9 Å². The van der Waals surface area contributed by atoms with Crippen molar-refractivity contribution in [2.24, 2.45) is 5.92 Å². The van der Waals surface area contributed by atoms with Crippen molar-refractivity contribution in [3.05, 3.63) is 29.8 Å². The quantitative estimate of drug-likeness (QED) is 0.675. The summed E-state index contributed by atoms with van der Waals surface area (Å²) < 4.78 is 26.8. The van der Waals surface area contributed by atoms with Crippen LogP contribution in [-0.4, -0.2) is 55.7 Å². The van der Waals surface area contributed by atoms with E-state index in [1.165, 1.54) is 36.1 Å². The summed E-state index contributed by atoms with van der Waals surface area (Å²) in [6.07, 6.45) is 1.12. The van der Waals surface area contributed by atoms with Gasteiger partial charge in [-0.05, 0) is 31.9 Å². The topological polar surface area (TPSA) is 121 Å². The van der Waals surface area contributed by atoms with E-state index in [1.54, 1.807) is 0 Å². The Hall–Kier alpha value is -2.26. The molecule has 1 fully saturated rings. The zero-order chi connectivity index (χ0) is 19.3. The number of nitrogens with zero attached hydrogens (tertiary/aromatic N) is 1. The Balaban J connectivity index is 1.88. The average molecular weight is 382 g/mol. The van der Waals surface area contributed by atoms with Gasteiger partial charge in [-0.25, -0.2) is 13.1 Å². The normalized spacial score (nSPS) is 17.7. The molecule has 1 unspecified atom stereocenters. The van der Waals surface area contributed by atoms with E-state index in [2.05, 4.69) is 4.72 Å². The predicted octanol–water partition coefficient (Wildman–Crippen LogP) is 0.881. The maximum Gasteiger partial charge on any atom is 0.308 e. The molecule has 1 saturated heterocycles. The smallest absolute Gasteiger partial charge is 0.308 e. The van der Waals surface area contributed by atoms with Gasteiger partial charge in [0.1, 0.15) is 0 Å². The zero-order valence-corrected chi connectivity index (χ0v) is 15.3. The summed E-state index contributed by atoms with van der Waals surface area (Å²) in [5.41, 5.74) is 0.414. The van der Waals surface area contributed by atoms with Crippen molar-refractivity contribution < 1.29 is 27.9 Å². The highest BCUT2D eigenvalue weighted by molar-refractivity contribution is 7.89. The maximum absolute atomic E-state index is 12.2. The molecule has 8 nitrogen and oxygen atoms in total. The van der Waals surface area contributed by atoms with Crippen molar-refractivity contribution in [3.63, 3.8) is 0 Å². The maximum atomic E-state index is 12.2. The number of benzene rings is 1. The van der Waals surface area contributed by atoms with Crippen molar-refractivity contribution in [1.29, 1.82) is 0 Å². The van der Waals surface area contributed by atoms with Gasteiger partial charge in [-0.3, -0.25) is 14.4 Å². The van der Waals surface area contributed by atoms with Crippen molar-refractivity contribution >= 4 is 27.7 Å². The molecular weight excluding hydrogens is 360 g/mol. The molecule has 0 aromatic heterocycles. The first-order valence-corrected chi connectivity index (χ1v) is 9.80. The standard InChI is InChI=1S/C17H22N2O6S/c1-12(20)13-4-6-15(7-5-13)26(24,25)18-9-8-16(21)19-10-2-3-14(11-19)17(22)23/h4-7,14,18H,2-3,8-11H2,1H3,(H,22,23). The Kier molecular flexibility index (Phi) is 6.49. The third kappa shape index (κ3) is 5.12. The first kappa shape index (κ1) is 20.1. The summed E-state index contributed by atoms with van der Waals surface area (Å²) in [4.78, 5) is 35.9. The van der Waals surface area contributed by atoms with Gasteiger partial charge < -0.3 is 10.0 Å². The number of piperidine rings is 1. The van der Waals surface area contributed by atoms with E-state index < -0.39 is 21.9 Å². The van der Waals surface area contributed by atoms with E-state index in [9.17, 15) is 22.8 Å². The molecule has 9 heteroatoms. The van der Waals surface area contributed by atoms with Gasteiger partial charge >= 0.3 is 5.97 Å². The van der Waals surface area contributed by atoms with Gasteiger partial charge in [0.05, 0.1) is 10.8 Å². The number of carbonyl (C=O) groups excluding carboxylic acids is 2. The Morgan fingerprint density at radius 2 is 1.88 bits per heavy atom. The van der Waals surface area contributed by atoms with Crippen LogP contribution in [0.5, 0.6) is 0 Å². The van der Waals surface area contributed by atoms with E-state index in [0.717, 1.165) is 0 Å². The molecule has 2 N–H and O–H groups in total. The SMILES string of the molecule is CC(=O)c1ccc(S(=O)(=O)NCCC(=O)N2CCCC(C(=O)O)C2)cc1. The molecule has 1 atom stereocenters. The van der Waals surface area contributed by atoms with E-state index >= 15 is 0 Å². The Morgan fingerprint density at radius 1 is 1.23 bits per heavy atom. The van der Waals surface area contributed by atoms with Crippen molar-refractivity contribution in [1.82, 2.24) is 9.62 Å². The third-order valence-electron chi connectivity index (χ3n) is 4.33. The molecule has 26 heavy (non-hydrogen) atoms. The fraction of sp³-hybridized carbons (Fsp3) is 0.471. The molecule has 0 saturated carbocycles. The molecule has 0 radical (unpaired) electrons. The first-order valence-electron chi connectivity index (χ1n) is 8.32. The molecule has 1 aliphatic rings. The number of sulfonamides is 1. The van der Waals surface area contributed by atoms with Crippen molar-refractivity contribution in [3.8, 4) is 0 Å². The minimum atomic E-state index is -3.78. The lowest BCUT2D eigenvalue weighted by Gasteiger charge is -2.30. The van der Waals surface area contributed by atoms with Gasteiger partial charge in [0, 0.05) is 31.6 Å². The fourth-order valence-electron chi connectivity index (χ4n) is 2.81. The van der Waals surface area contributed by atoms with E-state index in [1.807, 2.05) is 0 Å². The second-order valence-corrected chi connectivity index (χ2v) is 8.01. The number of ketones is 1. The lowest BCUT2D eigenvalue weighted by molar-refractivity contribution is -0.145. The highest BCUT2D eigenvalue weighted by atomic mass is 32.2. The lowest BCUT2D eigenvalue weighted by Crippen LogP contribution is -2.43. The summed E-state index contributed by atoms with van der Waals surface area (Å²) in [5, 5.41) is 9.05. The fourth-order valence-corrected chi connectivity index (χ4v) is 3.84. The number of aliphatic carboxylic acids is 1. The number of hydrogen-bond acceptors (Lipinski definition) is 5. The van der Waals surface area contributed by atoms with Crippen LogP contribution in [0.25, 0.3) is 0 Å². The van der Waals surface area contributed by atoms with Gasteiger partial charge in [-0.2, -0.15) is 0 Å². The molecule has 0 spiro atoms. The number of carbonyl (C=O) groups is 3. The van der Waals surface area contributed by atoms with Crippen LogP contribution in [0.1, 0.15) is 36.5 Å². The Labute approximate surface area is 152 Å². The number of carboxylic acid groups (broad SMARTS) is 1. The summed E-state index contributed by atoms with van der Waals surface area (Å²) in [6, 6.07) is 5.54. The molecule has 1 amide bonds. The Morgan fingerprint density at radius 3 is 2.46 bits per heavy atom. The van der Waals surface area contributed by atoms with E-state index in [-0.39, 0.29) is 36.1 Å². The van der Waals surface area contributed by atoms with Gasteiger partial charge in [0.15, 0.2) is 5.78 Å². The summed E-state index contributed by atoms with van der Waals surface area (Å²) in [6.45, 7) is 1.96. The van der Waals surface area contributed by atoms with Crippen LogP contribution in [0.4, 0.5) is 0 Å². The van der Waals surface area contributed by atoms with Gasteiger partial charge in [-0.15, -0.1) is 0 Å². The molecule has 1 aromatic rings. The van der Waals surface area contributed by atoms with E-state index in [4.69, 9.17) is 5.11 Å². The Bertz CT molecular complexity index is 788. The highest BCUT2D eigenvalue weighted by Crippen LogP contribution is 2.17. The van der Waals surface area contributed by atoms with Crippen LogP contribution in [0.3, 0.4) is 0 Å². The van der Waals surface area contributed by atoms with Gasteiger partial charge in [0.25, 0.3) is 0 Å². The number of rotatable bonds is 7. The summed E-state index contributed by atoms with van der Waals surface area (Å²) >= 11 is 0. The third-order valence-corrected chi connectivity index (χ3v) is 5.80.